The van der Waals surface area contributed by atoms with Gasteiger partial charge in [-0.2, -0.15) is 0 Å². The zero-order chi connectivity index (χ0) is 12.0. The highest BCUT2D eigenvalue weighted by molar-refractivity contribution is 5.71. The van der Waals surface area contributed by atoms with E-state index in [2.05, 4.69) is 27.4 Å². The molecule has 0 heterocycles. The van der Waals surface area contributed by atoms with Crippen LogP contribution in [0.25, 0.3) is 0 Å². The Hall–Kier alpha value is -0.790. The van der Waals surface area contributed by atoms with Crippen molar-refractivity contribution in [1.82, 2.24) is 0 Å². The van der Waals surface area contributed by atoms with E-state index in [1.54, 1.807) is 6.08 Å². The number of fused-ring (bicyclic) bond motifs is 2. The molecule has 2 heteroatoms. The average molecular weight is 222 g/mol. The van der Waals surface area contributed by atoms with Gasteiger partial charge in [-0.25, -0.2) is 0 Å². The molecular formula is C14H22O2. The average Bonchev–Trinajstić information content (AvgIpc) is 2.51. The Morgan fingerprint density at radius 2 is 2.19 bits per heavy atom. The van der Waals surface area contributed by atoms with E-state index in [9.17, 15) is 4.79 Å². The minimum Gasteiger partial charge on any atom is -0.462 e. The molecule has 2 saturated carbocycles. The summed E-state index contributed by atoms with van der Waals surface area (Å²) in [7, 11) is 0. The quantitative estimate of drug-likeness (QED) is 0.541. The zero-order valence-corrected chi connectivity index (χ0v) is 10.6. The molecule has 2 nitrogen and oxygen atoms in total. The van der Waals surface area contributed by atoms with Crippen molar-refractivity contribution in [3.05, 3.63) is 12.7 Å². The third kappa shape index (κ3) is 1.42. The first-order valence-corrected chi connectivity index (χ1v) is 6.22. The molecule has 0 aliphatic heterocycles. The van der Waals surface area contributed by atoms with Crippen molar-refractivity contribution >= 4 is 5.97 Å². The number of carbonyl (C=O) groups is 1. The maximum absolute atomic E-state index is 11.5. The summed E-state index contributed by atoms with van der Waals surface area (Å²) >= 11 is 0. The lowest BCUT2D eigenvalue weighted by molar-refractivity contribution is -0.155. The standard InChI is InChI=1S/C14H22O2/c1-5-6-12(15)16-11-9-10-7-8-14(11,4)13(10,2)3/h5,10-11H,1,6-9H2,2-4H3. The summed E-state index contributed by atoms with van der Waals surface area (Å²) in [6.45, 7) is 10.5. The summed E-state index contributed by atoms with van der Waals surface area (Å²) < 4.78 is 5.61. The van der Waals surface area contributed by atoms with Crippen LogP contribution >= 0.6 is 0 Å². The molecule has 3 unspecified atom stereocenters. The fourth-order valence-corrected chi connectivity index (χ4v) is 3.63. The van der Waals surface area contributed by atoms with Crippen LogP contribution in [0.2, 0.25) is 0 Å². The van der Waals surface area contributed by atoms with Crippen molar-refractivity contribution < 1.29 is 9.53 Å². The lowest BCUT2D eigenvalue weighted by Gasteiger charge is -2.38. The highest BCUT2D eigenvalue weighted by atomic mass is 16.5. The van der Waals surface area contributed by atoms with Crippen molar-refractivity contribution in [2.45, 2.75) is 52.6 Å². The molecule has 0 aromatic heterocycles. The van der Waals surface area contributed by atoms with E-state index in [4.69, 9.17) is 4.74 Å². The number of rotatable bonds is 3. The van der Waals surface area contributed by atoms with Crippen LogP contribution < -0.4 is 0 Å². The van der Waals surface area contributed by atoms with E-state index in [-0.39, 0.29) is 17.5 Å². The SMILES string of the molecule is C=CCC(=O)OC1CC2CCC1(C)C2(C)C. The number of esters is 1. The van der Waals surface area contributed by atoms with Gasteiger partial charge in [-0.15, -0.1) is 6.58 Å². The van der Waals surface area contributed by atoms with Crippen molar-refractivity contribution in [3.63, 3.8) is 0 Å². The number of hydrogen-bond acceptors (Lipinski definition) is 2. The highest BCUT2D eigenvalue weighted by Gasteiger charge is 2.62. The summed E-state index contributed by atoms with van der Waals surface area (Å²) in [6.07, 6.45) is 5.59. The Kier molecular flexibility index (Phi) is 2.64. The molecule has 0 N–H and O–H groups in total. The monoisotopic (exact) mass is 222 g/mol. The van der Waals surface area contributed by atoms with Crippen LogP contribution in [-0.4, -0.2) is 12.1 Å². The van der Waals surface area contributed by atoms with E-state index in [0.29, 0.717) is 11.8 Å². The van der Waals surface area contributed by atoms with Crippen LogP contribution in [0, 0.1) is 16.7 Å². The Morgan fingerprint density at radius 3 is 2.62 bits per heavy atom. The largest absolute Gasteiger partial charge is 0.462 e. The molecule has 0 aromatic carbocycles. The summed E-state index contributed by atoms with van der Waals surface area (Å²) in [5, 5.41) is 0. The maximum atomic E-state index is 11.5. The summed E-state index contributed by atoms with van der Waals surface area (Å²) in [5.74, 6) is 0.601. The van der Waals surface area contributed by atoms with Crippen LogP contribution in [0.1, 0.15) is 46.5 Å². The molecule has 0 aromatic rings. The topological polar surface area (TPSA) is 26.3 Å². The number of ether oxygens (including phenoxy) is 1. The second kappa shape index (κ2) is 3.61. The third-order valence-electron chi connectivity index (χ3n) is 5.30. The van der Waals surface area contributed by atoms with Gasteiger partial charge in [-0.1, -0.05) is 26.8 Å². The third-order valence-corrected chi connectivity index (χ3v) is 5.30. The molecule has 2 aliphatic rings. The van der Waals surface area contributed by atoms with E-state index < -0.39 is 0 Å². The van der Waals surface area contributed by atoms with Gasteiger partial charge in [-0.05, 0) is 30.6 Å². The molecule has 2 fully saturated rings. The first-order chi connectivity index (χ1) is 7.41. The minimum absolute atomic E-state index is 0.119. The molecule has 0 saturated heterocycles. The van der Waals surface area contributed by atoms with Gasteiger partial charge >= 0.3 is 5.97 Å². The van der Waals surface area contributed by atoms with Gasteiger partial charge in [0.2, 0.25) is 0 Å². The predicted molar refractivity (Wildman–Crippen MR) is 63.9 cm³/mol. The molecule has 0 radical (unpaired) electrons. The summed E-state index contributed by atoms with van der Waals surface area (Å²) in [6, 6.07) is 0. The number of hydrogen-bond donors (Lipinski definition) is 0. The van der Waals surface area contributed by atoms with Gasteiger partial charge in [0.15, 0.2) is 0 Å². The molecular weight excluding hydrogens is 200 g/mol. The van der Waals surface area contributed by atoms with Gasteiger partial charge in [0, 0.05) is 5.41 Å². The lowest BCUT2D eigenvalue weighted by atomic mass is 9.70. The van der Waals surface area contributed by atoms with Crippen LogP contribution in [0.5, 0.6) is 0 Å². The van der Waals surface area contributed by atoms with E-state index in [1.807, 2.05) is 0 Å². The predicted octanol–water partition coefficient (Wildman–Crippen LogP) is 3.32. The van der Waals surface area contributed by atoms with Crippen LogP contribution in [-0.2, 0) is 9.53 Å². The van der Waals surface area contributed by atoms with Crippen molar-refractivity contribution in [2.24, 2.45) is 16.7 Å². The van der Waals surface area contributed by atoms with Crippen LogP contribution in [0.15, 0.2) is 12.7 Å². The van der Waals surface area contributed by atoms with Crippen molar-refractivity contribution in [2.75, 3.05) is 0 Å². The fourth-order valence-electron chi connectivity index (χ4n) is 3.63. The number of carbonyl (C=O) groups excluding carboxylic acids is 1. The molecule has 3 atom stereocenters. The minimum atomic E-state index is -0.121. The fraction of sp³-hybridized carbons (Fsp3) is 0.786. The van der Waals surface area contributed by atoms with E-state index >= 15 is 0 Å². The van der Waals surface area contributed by atoms with Gasteiger partial charge in [-0.3, -0.25) is 4.79 Å². The van der Waals surface area contributed by atoms with E-state index in [1.165, 1.54) is 12.8 Å². The molecule has 0 amide bonds. The smallest absolute Gasteiger partial charge is 0.309 e. The Balaban J connectivity index is 2.10. The Bertz CT molecular complexity index is 319. The molecule has 90 valence electrons. The molecule has 2 bridgehead atoms. The van der Waals surface area contributed by atoms with Crippen LogP contribution in [0.3, 0.4) is 0 Å². The molecule has 16 heavy (non-hydrogen) atoms. The van der Waals surface area contributed by atoms with Crippen LogP contribution in [0.4, 0.5) is 0 Å². The van der Waals surface area contributed by atoms with Crippen molar-refractivity contribution in [1.29, 1.82) is 0 Å². The second-order valence-corrected chi connectivity index (χ2v) is 6.08. The van der Waals surface area contributed by atoms with Gasteiger partial charge < -0.3 is 4.74 Å². The second-order valence-electron chi connectivity index (χ2n) is 6.08. The lowest BCUT2D eigenvalue weighted by Crippen LogP contribution is -2.38. The molecule has 0 spiro atoms. The van der Waals surface area contributed by atoms with Gasteiger partial charge in [0.25, 0.3) is 0 Å². The molecule has 2 rings (SSSR count). The van der Waals surface area contributed by atoms with Gasteiger partial charge in [0.1, 0.15) is 6.10 Å². The zero-order valence-electron chi connectivity index (χ0n) is 10.6. The summed E-state index contributed by atoms with van der Waals surface area (Å²) in [5.41, 5.74) is 0.487. The van der Waals surface area contributed by atoms with E-state index in [0.717, 1.165) is 12.3 Å². The van der Waals surface area contributed by atoms with Gasteiger partial charge in [0.05, 0.1) is 6.42 Å². The Morgan fingerprint density at radius 1 is 1.50 bits per heavy atom. The normalized spacial score (nSPS) is 39.7. The Labute approximate surface area is 98.1 Å². The molecule has 2 aliphatic carbocycles. The first kappa shape index (κ1) is 11.7. The highest BCUT2D eigenvalue weighted by Crippen LogP contribution is 2.66. The van der Waals surface area contributed by atoms with Crippen molar-refractivity contribution in [3.8, 4) is 0 Å². The first-order valence-electron chi connectivity index (χ1n) is 6.22. The maximum Gasteiger partial charge on any atom is 0.309 e. The summed E-state index contributed by atoms with van der Waals surface area (Å²) in [4.78, 5) is 11.5.